The molecule has 0 radical (unpaired) electrons. The van der Waals surface area contributed by atoms with Gasteiger partial charge < -0.3 is 30.6 Å². The van der Waals surface area contributed by atoms with Crippen LogP contribution in [0.15, 0.2) is 72.8 Å². The predicted molar refractivity (Wildman–Crippen MR) is 165 cm³/mol. The largest absolute Gasteiger partial charge is 0.478 e. The number of nitrogens with zero attached hydrogens (tertiary/aromatic N) is 5. The van der Waals surface area contributed by atoms with Crippen LogP contribution in [0.3, 0.4) is 0 Å². The van der Waals surface area contributed by atoms with Crippen LogP contribution in [0.1, 0.15) is 12.8 Å². The predicted octanol–water partition coefficient (Wildman–Crippen LogP) is 2.50. The maximum absolute atomic E-state index is 12.0. The van der Waals surface area contributed by atoms with Crippen molar-refractivity contribution in [3.05, 3.63) is 72.8 Å². The zero-order valence-corrected chi connectivity index (χ0v) is 24.3. The fourth-order valence-electron chi connectivity index (χ4n) is 5.18. The second-order valence-corrected chi connectivity index (χ2v) is 10.4. The van der Waals surface area contributed by atoms with Crippen molar-refractivity contribution in [2.75, 3.05) is 88.3 Å². The molecule has 0 unspecified atom stereocenters. The molecule has 0 aromatic heterocycles. The Balaban J connectivity index is 0.000000531. The minimum absolute atomic E-state index is 0.289. The summed E-state index contributed by atoms with van der Waals surface area (Å²) in [6, 6.07) is 21.0. The molecule has 0 bridgehead atoms. The number of anilines is 2. The molecule has 2 aliphatic rings. The van der Waals surface area contributed by atoms with Gasteiger partial charge in [-0.05, 0) is 50.2 Å². The Morgan fingerprint density at radius 1 is 0.643 bits per heavy atom. The van der Waals surface area contributed by atoms with E-state index in [9.17, 15) is 14.4 Å². The average molecular weight is 581 g/mol. The molecule has 2 heterocycles. The first-order chi connectivity index (χ1) is 20.3. The van der Waals surface area contributed by atoms with Crippen molar-refractivity contribution in [1.82, 2.24) is 14.7 Å². The van der Waals surface area contributed by atoms with Gasteiger partial charge in [-0.25, -0.2) is 14.4 Å². The van der Waals surface area contributed by atoms with E-state index in [2.05, 4.69) is 80.3 Å². The molecule has 0 saturated carbocycles. The fourth-order valence-corrected chi connectivity index (χ4v) is 5.18. The Morgan fingerprint density at radius 2 is 1.00 bits per heavy atom. The van der Waals surface area contributed by atoms with Gasteiger partial charge in [-0.1, -0.05) is 36.4 Å². The van der Waals surface area contributed by atoms with E-state index < -0.39 is 11.9 Å². The molecular formula is C31H44N6O5. The summed E-state index contributed by atoms with van der Waals surface area (Å²) in [7, 11) is 0. The van der Waals surface area contributed by atoms with Gasteiger partial charge in [0.25, 0.3) is 0 Å². The summed E-state index contributed by atoms with van der Waals surface area (Å²) in [6.45, 7) is 12.0. The lowest BCUT2D eigenvalue weighted by Gasteiger charge is -2.37. The summed E-state index contributed by atoms with van der Waals surface area (Å²) in [5.41, 5.74) is 8.30. The van der Waals surface area contributed by atoms with Crippen LogP contribution in [0.25, 0.3) is 0 Å². The lowest BCUT2D eigenvalue weighted by atomic mass is 10.2. The van der Waals surface area contributed by atoms with Gasteiger partial charge in [-0.15, -0.1) is 0 Å². The number of carbonyl (C=O) groups is 3. The number of rotatable bonds is 12. The van der Waals surface area contributed by atoms with Crippen LogP contribution in [-0.4, -0.2) is 121 Å². The Bertz CT molecular complexity index is 1040. The van der Waals surface area contributed by atoms with Gasteiger partial charge in [0, 0.05) is 89.0 Å². The van der Waals surface area contributed by atoms with E-state index in [1.807, 2.05) is 4.90 Å². The number of hydrogen-bond donors (Lipinski definition) is 3. The normalized spacial score (nSPS) is 16.1. The number of para-hydroxylation sites is 2. The van der Waals surface area contributed by atoms with Gasteiger partial charge in [0.15, 0.2) is 0 Å². The van der Waals surface area contributed by atoms with Crippen molar-refractivity contribution in [2.24, 2.45) is 5.73 Å². The average Bonchev–Trinajstić information content (AvgIpc) is 3.01. The third-order valence-corrected chi connectivity index (χ3v) is 7.47. The van der Waals surface area contributed by atoms with E-state index in [1.165, 1.54) is 11.4 Å². The molecule has 0 aliphatic carbocycles. The molecule has 2 aromatic carbocycles. The van der Waals surface area contributed by atoms with Crippen molar-refractivity contribution < 1.29 is 24.6 Å². The van der Waals surface area contributed by atoms with Crippen molar-refractivity contribution >= 4 is 29.3 Å². The van der Waals surface area contributed by atoms with Crippen LogP contribution in [0.4, 0.5) is 16.2 Å². The number of amides is 2. The number of benzene rings is 2. The molecule has 42 heavy (non-hydrogen) atoms. The standard InChI is InChI=1S/C27H40N6O.C4H4O4/c28-27(34)33(15-7-13-29-17-21-31(22-18-29)25-9-3-1-4-10-25)16-8-14-30-19-23-32(24-20-30)26-11-5-2-6-12-26;5-3(6)1-2-4(7)8/h1-6,9-12H,7-8,13-24H2,(H2,28,34);1-2H,(H,5,6)(H,7,8). The lowest BCUT2D eigenvalue weighted by Crippen LogP contribution is -2.48. The maximum Gasteiger partial charge on any atom is 0.328 e. The highest BCUT2D eigenvalue weighted by Crippen LogP contribution is 2.17. The second kappa shape index (κ2) is 17.7. The third kappa shape index (κ3) is 11.8. The Morgan fingerprint density at radius 3 is 1.31 bits per heavy atom. The number of carbonyl (C=O) groups excluding carboxylic acids is 1. The molecule has 11 heteroatoms. The third-order valence-electron chi connectivity index (χ3n) is 7.47. The summed E-state index contributed by atoms with van der Waals surface area (Å²) >= 11 is 0. The first-order valence-electron chi connectivity index (χ1n) is 14.5. The van der Waals surface area contributed by atoms with Crippen LogP contribution in [-0.2, 0) is 9.59 Å². The molecule has 2 amide bonds. The van der Waals surface area contributed by atoms with Crippen LogP contribution in [0, 0.1) is 0 Å². The van der Waals surface area contributed by atoms with Crippen molar-refractivity contribution in [3.63, 3.8) is 0 Å². The molecule has 4 N–H and O–H groups in total. The van der Waals surface area contributed by atoms with Crippen LogP contribution in [0.2, 0.25) is 0 Å². The summed E-state index contributed by atoms with van der Waals surface area (Å²) < 4.78 is 0. The molecular weight excluding hydrogens is 536 g/mol. The van der Waals surface area contributed by atoms with E-state index in [0.29, 0.717) is 12.2 Å². The highest BCUT2D eigenvalue weighted by molar-refractivity contribution is 5.89. The minimum atomic E-state index is -1.26. The van der Waals surface area contributed by atoms with Crippen LogP contribution in [0.5, 0.6) is 0 Å². The SMILES string of the molecule is NC(=O)N(CCCN1CCN(c2ccccc2)CC1)CCCN1CCN(c2ccccc2)CC1.O=C(O)C=CC(=O)O. The monoisotopic (exact) mass is 580 g/mol. The smallest absolute Gasteiger partial charge is 0.328 e. The molecule has 4 rings (SSSR count). The highest BCUT2D eigenvalue weighted by Gasteiger charge is 2.19. The van der Waals surface area contributed by atoms with E-state index in [1.54, 1.807) is 0 Å². The summed E-state index contributed by atoms with van der Waals surface area (Å²) in [6.07, 6.45) is 3.07. The summed E-state index contributed by atoms with van der Waals surface area (Å²) in [4.78, 5) is 42.8. The Hall–Kier alpha value is -4.09. The van der Waals surface area contributed by atoms with Crippen LogP contribution >= 0.6 is 0 Å². The molecule has 0 atom stereocenters. The van der Waals surface area contributed by atoms with Crippen molar-refractivity contribution in [3.8, 4) is 0 Å². The van der Waals surface area contributed by atoms with Gasteiger partial charge >= 0.3 is 18.0 Å². The quantitative estimate of drug-likeness (QED) is 0.324. The molecule has 2 saturated heterocycles. The van der Waals surface area contributed by atoms with Crippen molar-refractivity contribution in [1.29, 1.82) is 0 Å². The topological polar surface area (TPSA) is 134 Å². The number of aliphatic carboxylic acids is 2. The second-order valence-electron chi connectivity index (χ2n) is 10.4. The number of nitrogens with two attached hydrogens (primary N) is 1. The Kier molecular flexibility index (Phi) is 13.6. The van der Waals surface area contributed by atoms with Gasteiger partial charge in [0.1, 0.15) is 0 Å². The van der Waals surface area contributed by atoms with Gasteiger partial charge in [0.2, 0.25) is 0 Å². The molecule has 2 aliphatic heterocycles. The van der Waals surface area contributed by atoms with Crippen LogP contribution < -0.4 is 15.5 Å². The van der Waals surface area contributed by atoms with Gasteiger partial charge in [-0.2, -0.15) is 0 Å². The highest BCUT2D eigenvalue weighted by atomic mass is 16.4. The molecule has 2 aromatic rings. The minimum Gasteiger partial charge on any atom is -0.478 e. The van der Waals surface area contributed by atoms with Crippen molar-refractivity contribution in [2.45, 2.75) is 12.8 Å². The summed E-state index contributed by atoms with van der Waals surface area (Å²) in [5, 5.41) is 15.6. The first kappa shape index (κ1) is 32.4. The first-order valence-corrected chi connectivity index (χ1v) is 14.5. The Labute approximate surface area is 248 Å². The number of hydrogen-bond acceptors (Lipinski definition) is 7. The van der Waals surface area contributed by atoms with E-state index in [0.717, 1.165) is 91.4 Å². The lowest BCUT2D eigenvalue weighted by molar-refractivity contribution is -0.134. The fraction of sp³-hybridized carbons (Fsp3) is 0.452. The molecule has 11 nitrogen and oxygen atoms in total. The number of urea groups is 1. The zero-order chi connectivity index (χ0) is 30.2. The summed E-state index contributed by atoms with van der Waals surface area (Å²) in [5.74, 6) is -2.51. The number of carboxylic acid groups (broad SMARTS) is 2. The molecule has 0 spiro atoms. The zero-order valence-electron chi connectivity index (χ0n) is 24.3. The van der Waals surface area contributed by atoms with Gasteiger partial charge in [-0.3, -0.25) is 9.80 Å². The maximum atomic E-state index is 12.0. The van der Waals surface area contributed by atoms with E-state index in [4.69, 9.17) is 15.9 Å². The van der Waals surface area contributed by atoms with E-state index >= 15 is 0 Å². The number of piperazine rings is 2. The van der Waals surface area contributed by atoms with E-state index in [-0.39, 0.29) is 6.03 Å². The number of carboxylic acids is 2. The molecule has 2 fully saturated rings. The molecule has 228 valence electrons. The number of primary amides is 1. The van der Waals surface area contributed by atoms with Gasteiger partial charge in [0.05, 0.1) is 0 Å².